The Morgan fingerprint density at radius 3 is 2.71 bits per heavy atom. The van der Waals surface area contributed by atoms with Crippen molar-refractivity contribution in [3.05, 3.63) is 32.8 Å². The summed E-state index contributed by atoms with van der Waals surface area (Å²) in [5, 5.41) is 13.7. The molecule has 0 radical (unpaired) electrons. The van der Waals surface area contributed by atoms with E-state index in [0.717, 1.165) is 31.4 Å². The molecule has 1 aromatic carbocycles. The van der Waals surface area contributed by atoms with Crippen molar-refractivity contribution in [3.8, 4) is 0 Å². The zero-order valence-corrected chi connectivity index (χ0v) is 12.7. The molecule has 7 heteroatoms. The number of nitrogen functional groups attached to an aromatic ring is 1. The van der Waals surface area contributed by atoms with Gasteiger partial charge < -0.3 is 11.1 Å². The number of nitrogens with two attached hydrogens (primary N) is 1. The van der Waals surface area contributed by atoms with Crippen LogP contribution in [0.2, 0.25) is 5.02 Å². The average Bonchev–Trinajstić information content (AvgIpc) is 2.71. The number of nitro benzene ring substituents is 1. The lowest BCUT2D eigenvalue weighted by molar-refractivity contribution is -0.384. The van der Waals surface area contributed by atoms with Crippen LogP contribution in [0.5, 0.6) is 0 Å². The summed E-state index contributed by atoms with van der Waals surface area (Å²) in [5.41, 5.74) is 5.84. The third kappa shape index (κ3) is 3.44. The minimum atomic E-state index is -0.596. The van der Waals surface area contributed by atoms with Crippen molar-refractivity contribution in [2.24, 2.45) is 5.41 Å². The van der Waals surface area contributed by atoms with Gasteiger partial charge in [0.25, 0.3) is 11.6 Å². The number of carbonyl (C=O) groups excluding carboxylic acids is 1. The SMILES string of the molecule is CC1(C)CCC(NC(=O)c2cc([N+](=O)[O-])cc(Cl)c2N)C1. The number of halogens is 1. The van der Waals surface area contributed by atoms with Gasteiger partial charge >= 0.3 is 0 Å². The van der Waals surface area contributed by atoms with E-state index in [2.05, 4.69) is 19.2 Å². The Morgan fingerprint density at radius 1 is 1.52 bits per heavy atom. The number of nitro groups is 1. The molecule has 1 aliphatic carbocycles. The molecule has 114 valence electrons. The maximum atomic E-state index is 12.3. The van der Waals surface area contributed by atoms with Gasteiger partial charge in [-0.3, -0.25) is 14.9 Å². The van der Waals surface area contributed by atoms with E-state index < -0.39 is 10.8 Å². The maximum Gasteiger partial charge on any atom is 0.271 e. The highest BCUT2D eigenvalue weighted by molar-refractivity contribution is 6.34. The number of hydrogen-bond donors (Lipinski definition) is 2. The van der Waals surface area contributed by atoms with E-state index in [1.165, 1.54) is 0 Å². The summed E-state index contributed by atoms with van der Waals surface area (Å²) >= 11 is 5.86. The summed E-state index contributed by atoms with van der Waals surface area (Å²) in [6, 6.07) is 2.37. The summed E-state index contributed by atoms with van der Waals surface area (Å²) in [4.78, 5) is 22.5. The van der Waals surface area contributed by atoms with Crippen LogP contribution in [0.25, 0.3) is 0 Å². The van der Waals surface area contributed by atoms with Crippen LogP contribution in [0.15, 0.2) is 12.1 Å². The highest BCUT2D eigenvalue weighted by Gasteiger charge is 2.32. The molecule has 1 aliphatic rings. The van der Waals surface area contributed by atoms with Crippen molar-refractivity contribution in [1.82, 2.24) is 5.32 Å². The van der Waals surface area contributed by atoms with Gasteiger partial charge in [0.15, 0.2) is 0 Å². The number of non-ortho nitro benzene ring substituents is 1. The van der Waals surface area contributed by atoms with E-state index in [1.54, 1.807) is 0 Å². The van der Waals surface area contributed by atoms with Crippen molar-refractivity contribution in [2.45, 2.75) is 39.2 Å². The summed E-state index contributed by atoms with van der Waals surface area (Å²) in [6.45, 7) is 4.30. The van der Waals surface area contributed by atoms with E-state index in [0.29, 0.717) is 0 Å². The second-order valence-corrected chi connectivity index (χ2v) is 6.63. The van der Waals surface area contributed by atoms with E-state index >= 15 is 0 Å². The van der Waals surface area contributed by atoms with Crippen LogP contribution in [-0.2, 0) is 0 Å². The van der Waals surface area contributed by atoms with Gasteiger partial charge in [0.1, 0.15) is 0 Å². The van der Waals surface area contributed by atoms with E-state index in [-0.39, 0.29) is 33.4 Å². The minimum absolute atomic E-state index is 0.0149. The molecule has 3 N–H and O–H groups in total. The van der Waals surface area contributed by atoms with Gasteiger partial charge in [-0.1, -0.05) is 25.4 Å². The Labute approximate surface area is 127 Å². The van der Waals surface area contributed by atoms with Crippen molar-refractivity contribution >= 4 is 28.9 Å². The molecular formula is C14H18ClN3O3. The Morgan fingerprint density at radius 2 is 2.19 bits per heavy atom. The standard InChI is InChI=1S/C14H18ClN3O3/c1-14(2)4-3-8(7-14)17-13(19)10-5-9(18(20)21)6-11(15)12(10)16/h5-6,8H,3-4,7,16H2,1-2H3,(H,17,19). The molecule has 0 saturated heterocycles. The molecule has 1 atom stereocenters. The molecule has 1 amide bonds. The topological polar surface area (TPSA) is 98.3 Å². The molecule has 21 heavy (non-hydrogen) atoms. The van der Waals surface area contributed by atoms with Gasteiger partial charge in [-0.25, -0.2) is 0 Å². The molecule has 1 fully saturated rings. The molecule has 0 aliphatic heterocycles. The van der Waals surface area contributed by atoms with E-state index in [4.69, 9.17) is 17.3 Å². The first-order chi connectivity index (χ1) is 9.69. The van der Waals surface area contributed by atoms with Crippen molar-refractivity contribution < 1.29 is 9.72 Å². The smallest absolute Gasteiger partial charge is 0.271 e. The molecule has 6 nitrogen and oxygen atoms in total. The first-order valence-corrected chi connectivity index (χ1v) is 7.12. The molecular weight excluding hydrogens is 294 g/mol. The zero-order valence-electron chi connectivity index (χ0n) is 12.0. The quantitative estimate of drug-likeness (QED) is 0.509. The fourth-order valence-electron chi connectivity index (χ4n) is 2.72. The lowest BCUT2D eigenvalue weighted by Gasteiger charge is -2.18. The third-order valence-corrected chi connectivity index (χ3v) is 4.19. The highest BCUT2D eigenvalue weighted by Crippen LogP contribution is 2.37. The highest BCUT2D eigenvalue weighted by atomic mass is 35.5. The molecule has 0 bridgehead atoms. The van der Waals surface area contributed by atoms with Gasteiger partial charge in [0.2, 0.25) is 0 Å². The van der Waals surface area contributed by atoms with Crippen LogP contribution in [0.1, 0.15) is 43.5 Å². The van der Waals surface area contributed by atoms with Crippen molar-refractivity contribution in [2.75, 3.05) is 5.73 Å². The summed E-state index contributed by atoms with van der Waals surface area (Å²) in [7, 11) is 0. The van der Waals surface area contributed by atoms with Crippen LogP contribution in [0.3, 0.4) is 0 Å². The molecule has 0 heterocycles. The monoisotopic (exact) mass is 311 g/mol. The lowest BCUT2D eigenvalue weighted by atomic mass is 9.92. The average molecular weight is 312 g/mol. The zero-order chi connectivity index (χ0) is 15.8. The van der Waals surface area contributed by atoms with Crippen molar-refractivity contribution in [1.29, 1.82) is 0 Å². The van der Waals surface area contributed by atoms with Gasteiger partial charge in [0, 0.05) is 18.2 Å². The van der Waals surface area contributed by atoms with Gasteiger partial charge in [-0.05, 0) is 24.7 Å². The number of nitrogens with one attached hydrogen (secondary N) is 1. The first-order valence-electron chi connectivity index (χ1n) is 6.74. The number of rotatable bonds is 3. The number of hydrogen-bond acceptors (Lipinski definition) is 4. The van der Waals surface area contributed by atoms with Crippen LogP contribution < -0.4 is 11.1 Å². The van der Waals surface area contributed by atoms with Gasteiger partial charge in [-0.15, -0.1) is 0 Å². The van der Waals surface area contributed by atoms with E-state index in [9.17, 15) is 14.9 Å². The number of anilines is 1. The fourth-order valence-corrected chi connectivity index (χ4v) is 2.93. The largest absolute Gasteiger partial charge is 0.397 e. The Kier molecular flexibility index (Phi) is 4.09. The fraction of sp³-hybridized carbons (Fsp3) is 0.500. The second-order valence-electron chi connectivity index (χ2n) is 6.22. The molecule has 1 unspecified atom stereocenters. The molecule has 0 aromatic heterocycles. The summed E-state index contributed by atoms with van der Waals surface area (Å²) in [6.07, 6.45) is 2.80. The number of carbonyl (C=O) groups is 1. The Hall–Kier alpha value is -1.82. The summed E-state index contributed by atoms with van der Waals surface area (Å²) in [5.74, 6) is -0.416. The predicted molar refractivity (Wildman–Crippen MR) is 81.4 cm³/mol. The van der Waals surface area contributed by atoms with Crippen LogP contribution in [0, 0.1) is 15.5 Å². The maximum absolute atomic E-state index is 12.3. The van der Waals surface area contributed by atoms with Gasteiger partial charge in [0.05, 0.1) is 21.2 Å². The first kappa shape index (κ1) is 15.6. The number of amides is 1. The Bertz CT molecular complexity index is 601. The predicted octanol–water partition coefficient (Wildman–Crippen LogP) is 3.14. The summed E-state index contributed by atoms with van der Waals surface area (Å²) < 4.78 is 0. The molecule has 2 rings (SSSR count). The van der Waals surface area contributed by atoms with Crippen LogP contribution in [-0.4, -0.2) is 16.9 Å². The van der Waals surface area contributed by atoms with Gasteiger partial charge in [-0.2, -0.15) is 0 Å². The van der Waals surface area contributed by atoms with Crippen molar-refractivity contribution in [3.63, 3.8) is 0 Å². The molecule has 1 aromatic rings. The Balaban J connectivity index is 2.21. The number of benzene rings is 1. The van der Waals surface area contributed by atoms with Crippen LogP contribution in [0.4, 0.5) is 11.4 Å². The molecule has 0 spiro atoms. The second kappa shape index (κ2) is 5.52. The van der Waals surface area contributed by atoms with Crippen LogP contribution >= 0.6 is 11.6 Å². The lowest BCUT2D eigenvalue weighted by Crippen LogP contribution is -2.34. The normalized spacial score (nSPS) is 20.2. The molecule has 1 saturated carbocycles. The number of nitrogens with zero attached hydrogens (tertiary/aromatic N) is 1. The third-order valence-electron chi connectivity index (χ3n) is 3.87. The van der Waals surface area contributed by atoms with E-state index in [1.807, 2.05) is 0 Å². The minimum Gasteiger partial charge on any atom is -0.397 e.